The predicted molar refractivity (Wildman–Crippen MR) is 81.1 cm³/mol. The fourth-order valence-electron chi connectivity index (χ4n) is 1.84. The van der Waals surface area contributed by atoms with Crippen molar-refractivity contribution >= 4 is 22.2 Å². The highest BCUT2D eigenvalue weighted by molar-refractivity contribution is 7.08. The van der Waals surface area contributed by atoms with Gasteiger partial charge in [0.1, 0.15) is 0 Å². The van der Waals surface area contributed by atoms with Crippen LogP contribution in [0.1, 0.15) is 19.4 Å². The molecule has 0 bridgehead atoms. The van der Waals surface area contributed by atoms with E-state index in [1.54, 1.807) is 11.3 Å². The largest absolute Gasteiger partial charge is 0.256 e. The van der Waals surface area contributed by atoms with Crippen molar-refractivity contribution in [1.82, 2.24) is 4.98 Å². The highest BCUT2D eigenvalue weighted by Gasteiger charge is 2.01. The number of thiophene rings is 1. The molecule has 0 radical (unpaired) electrons. The number of hydrogen-bond acceptors (Lipinski definition) is 2. The maximum absolute atomic E-state index is 4.48. The molecule has 3 aromatic rings. The summed E-state index contributed by atoms with van der Waals surface area (Å²) in [6.45, 7) is 6.11. The zero-order chi connectivity index (χ0) is 13.0. The minimum Gasteiger partial charge on any atom is -0.256 e. The summed E-state index contributed by atoms with van der Waals surface area (Å²) in [5.41, 5.74) is 4.78. The molecule has 92 valence electrons. The molecule has 3 rings (SSSR count). The molecule has 0 spiro atoms. The first-order chi connectivity index (χ1) is 8.83. The molecule has 0 atom stereocenters. The van der Waals surface area contributed by atoms with Crippen molar-refractivity contribution in [2.75, 3.05) is 0 Å². The fraction of sp³-hybridized carbons (Fsp3) is 0.188. The maximum Gasteiger partial charge on any atom is 0.0702 e. The zero-order valence-electron chi connectivity index (χ0n) is 11.0. The Hall–Kier alpha value is -1.67. The number of aryl methyl sites for hydroxylation is 1. The second-order valence-electron chi connectivity index (χ2n) is 3.93. The van der Waals surface area contributed by atoms with Gasteiger partial charge in [0.05, 0.1) is 5.52 Å². The van der Waals surface area contributed by atoms with Crippen LogP contribution in [-0.2, 0) is 0 Å². The Morgan fingerprint density at radius 1 is 1.00 bits per heavy atom. The Bertz CT molecular complexity index is 627. The van der Waals surface area contributed by atoms with Gasteiger partial charge in [0.2, 0.25) is 0 Å². The molecule has 0 fully saturated rings. The van der Waals surface area contributed by atoms with Crippen molar-refractivity contribution in [2.24, 2.45) is 0 Å². The molecule has 18 heavy (non-hydrogen) atoms. The number of fused-ring (bicyclic) bond motifs is 1. The van der Waals surface area contributed by atoms with Gasteiger partial charge in [0.25, 0.3) is 0 Å². The molecule has 0 aliphatic carbocycles. The third-order valence-electron chi connectivity index (χ3n) is 2.69. The van der Waals surface area contributed by atoms with E-state index in [-0.39, 0.29) is 0 Å². The molecule has 0 aliphatic rings. The van der Waals surface area contributed by atoms with Crippen molar-refractivity contribution in [3.05, 3.63) is 52.9 Å². The molecule has 0 saturated carbocycles. The molecule has 0 aliphatic heterocycles. The standard InChI is InChI=1S/C14H11NS.C2H6/c1-10-2-3-14-12(6-10)7-13(8-15-14)11-4-5-16-9-11;1-2/h2-9H,1H3;1-2H3. The third kappa shape index (κ3) is 2.59. The summed E-state index contributed by atoms with van der Waals surface area (Å²) in [6.07, 6.45) is 1.94. The minimum atomic E-state index is 1.06. The van der Waals surface area contributed by atoms with Gasteiger partial charge in [-0.05, 0) is 47.5 Å². The van der Waals surface area contributed by atoms with E-state index in [9.17, 15) is 0 Å². The highest BCUT2D eigenvalue weighted by atomic mass is 32.1. The van der Waals surface area contributed by atoms with Gasteiger partial charge in [-0.25, -0.2) is 0 Å². The average molecular weight is 255 g/mol. The molecule has 2 heterocycles. The van der Waals surface area contributed by atoms with Crippen LogP contribution in [0.2, 0.25) is 0 Å². The number of hydrogen-bond donors (Lipinski definition) is 0. The van der Waals surface area contributed by atoms with E-state index in [0.29, 0.717) is 0 Å². The van der Waals surface area contributed by atoms with E-state index in [1.807, 2.05) is 20.0 Å². The number of rotatable bonds is 1. The average Bonchev–Trinajstić information content (AvgIpc) is 2.94. The number of nitrogens with zero attached hydrogens (tertiary/aromatic N) is 1. The first-order valence-corrected chi connectivity index (χ1v) is 7.16. The Balaban J connectivity index is 0.000000574. The molecule has 0 N–H and O–H groups in total. The topological polar surface area (TPSA) is 12.9 Å². The summed E-state index contributed by atoms with van der Waals surface area (Å²) in [4.78, 5) is 4.48. The normalized spacial score (nSPS) is 9.94. The molecule has 2 heteroatoms. The summed E-state index contributed by atoms with van der Waals surface area (Å²) >= 11 is 1.72. The minimum absolute atomic E-state index is 1.06. The second-order valence-corrected chi connectivity index (χ2v) is 4.71. The van der Waals surface area contributed by atoms with E-state index in [1.165, 1.54) is 22.1 Å². The lowest BCUT2D eigenvalue weighted by Crippen LogP contribution is -1.82. The van der Waals surface area contributed by atoms with Crippen molar-refractivity contribution in [1.29, 1.82) is 0 Å². The van der Waals surface area contributed by atoms with Crippen molar-refractivity contribution < 1.29 is 0 Å². The third-order valence-corrected chi connectivity index (χ3v) is 3.37. The summed E-state index contributed by atoms with van der Waals surface area (Å²) < 4.78 is 0. The van der Waals surface area contributed by atoms with E-state index in [2.05, 4.69) is 53.0 Å². The van der Waals surface area contributed by atoms with Gasteiger partial charge >= 0.3 is 0 Å². The quantitative estimate of drug-likeness (QED) is 0.575. The highest BCUT2D eigenvalue weighted by Crippen LogP contribution is 2.24. The summed E-state index contributed by atoms with van der Waals surface area (Å²) in [5, 5.41) is 5.46. The van der Waals surface area contributed by atoms with Crippen LogP contribution in [0, 0.1) is 6.92 Å². The molecule has 0 saturated heterocycles. The number of benzene rings is 1. The lowest BCUT2D eigenvalue weighted by Gasteiger charge is -2.02. The Kier molecular flexibility index (Phi) is 4.11. The van der Waals surface area contributed by atoms with Gasteiger partial charge in [-0.15, -0.1) is 0 Å². The van der Waals surface area contributed by atoms with Gasteiger partial charge < -0.3 is 0 Å². The predicted octanol–water partition coefficient (Wildman–Crippen LogP) is 5.30. The molecule has 1 nitrogen and oxygen atoms in total. The Morgan fingerprint density at radius 2 is 1.83 bits per heavy atom. The van der Waals surface area contributed by atoms with Crippen LogP contribution < -0.4 is 0 Å². The first kappa shape index (κ1) is 12.8. The smallest absolute Gasteiger partial charge is 0.0702 e. The molecular weight excluding hydrogens is 238 g/mol. The van der Waals surface area contributed by atoms with Gasteiger partial charge in [-0.1, -0.05) is 25.5 Å². The van der Waals surface area contributed by atoms with Crippen LogP contribution in [0.5, 0.6) is 0 Å². The van der Waals surface area contributed by atoms with Crippen LogP contribution in [0.15, 0.2) is 47.3 Å². The van der Waals surface area contributed by atoms with Crippen LogP contribution in [0.25, 0.3) is 22.0 Å². The number of aromatic nitrogens is 1. The lowest BCUT2D eigenvalue weighted by atomic mass is 10.1. The van der Waals surface area contributed by atoms with Crippen LogP contribution in [0.3, 0.4) is 0 Å². The van der Waals surface area contributed by atoms with Gasteiger partial charge in [-0.3, -0.25) is 4.98 Å². The molecule has 1 aromatic carbocycles. The molecule has 0 amide bonds. The summed E-state index contributed by atoms with van der Waals surface area (Å²) in [6, 6.07) is 10.7. The van der Waals surface area contributed by atoms with Crippen molar-refractivity contribution in [3.8, 4) is 11.1 Å². The van der Waals surface area contributed by atoms with Gasteiger partial charge in [0.15, 0.2) is 0 Å². The SMILES string of the molecule is CC.Cc1ccc2ncc(-c3ccsc3)cc2c1. The number of pyridine rings is 1. The summed E-state index contributed by atoms with van der Waals surface area (Å²) in [5.74, 6) is 0. The summed E-state index contributed by atoms with van der Waals surface area (Å²) in [7, 11) is 0. The Morgan fingerprint density at radius 3 is 2.56 bits per heavy atom. The molecule has 2 aromatic heterocycles. The van der Waals surface area contributed by atoms with E-state index < -0.39 is 0 Å². The van der Waals surface area contributed by atoms with E-state index >= 15 is 0 Å². The van der Waals surface area contributed by atoms with E-state index in [0.717, 1.165) is 5.52 Å². The fourth-order valence-corrected chi connectivity index (χ4v) is 2.50. The van der Waals surface area contributed by atoms with E-state index in [4.69, 9.17) is 0 Å². The zero-order valence-corrected chi connectivity index (χ0v) is 11.8. The van der Waals surface area contributed by atoms with Crippen LogP contribution >= 0.6 is 11.3 Å². The molecular formula is C16H17NS. The van der Waals surface area contributed by atoms with Crippen molar-refractivity contribution in [3.63, 3.8) is 0 Å². The van der Waals surface area contributed by atoms with Gasteiger partial charge in [0, 0.05) is 17.1 Å². The monoisotopic (exact) mass is 255 g/mol. The molecule has 0 unspecified atom stereocenters. The van der Waals surface area contributed by atoms with Crippen molar-refractivity contribution in [2.45, 2.75) is 20.8 Å². The maximum atomic E-state index is 4.48. The lowest BCUT2D eigenvalue weighted by molar-refractivity contribution is 1.39. The van der Waals surface area contributed by atoms with Crippen LogP contribution in [0.4, 0.5) is 0 Å². The Labute approximate surface area is 112 Å². The van der Waals surface area contributed by atoms with Gasteiger partial charge in [-0.2, -0.15) is 11.3 Å². The van der Waals surface area contributed by atoms with Crippen LogP contribution in [-0.4, -0.2) is 4.98 Å². The second kappa shape index (κ2) is 5.78. The first-order valence-electron chi connectivity index (χ1n) is 6.22.